The summed E-state index contributed by atoms with van der Waals surface area (Å²) in [5.74, 6) is 0.723. The normalized spacial score (nSPS) is 26.3. The van der Waals surface area contributed by atoms with E-state index in [1.54, 1.807) is 16.7 Å². The summed E-state index contributed by atoms with van der Waals surface area (Å²) in [7, 11) is 0. The molecule has 2 aliphatic rings. The van der Waals surface area contributed by atoms with Crippen molar-refractivity contribution in [3.05, 3.63) is 20.3 Å². The number of nitrogens with one attached hydrogen (secondary N) is 1. The molecule has 1 saturated carbocycles. The summed E-state index contributed by atoms with van der Waals surface area (Å²) < 4.78 is 5.92. The molecule has 2 aliphatic carbocycles. The van der Waals surface area contributed by atoms with Gasteiger partial charge in [-0.1, -0.05) is 0 Å². The van der Waals surface area contributed by atoms with E-state index in [2.05, 4.69) is 31.2 Å². The standard InChI is InChI=1S/C12H24N.C9H13.Sn/c13-12-10-8-6-4-2-1-3-5-7-9-11-12;1-6-5-7(2)9(4)8(6)3;/h12-13H,1-11H2;6H,1-4H3;/q-1;;+1. The summed E-state index contributed by atoms with van der Waals surface area (Å²) >= 11 is -0.602. The average Bonchev–Trinajstić information content (AvgIpc) is 2.71. The second-order valence-corrected chi connectivity index (χ2v) is 10.9. The van der Waals surface area contributed by atoms with Crippen LogP contribution in [0.25, 0.3) is 0 Å². The first-order chi connectivity index (χ1) is 11.1. The quantitative estimate of drug-likeness (QED) is 0.540. The van der Waals surface area contributed by atoms with Gasteiger partial charge in [0.25, 0.3) is 0 Å². The Kier molecular flexibility index (Phi) is 8.74. The third kappa shape index (κ3) is 5.92. The summed E-state index contributed by atoms with van der Waals surface area (Å²) in [5.41, 5.74) is 4.83. The molecule has 1 fully saturated rings. The van der Waals surface area contributed by atoms with Crippen LogP contribution >= 0.6 is 0 Å². The Balaban J connectivity index is 1.84. The van der Waals surface area contributed by atoms with Crippen LogP contribution in [0.2, 0.25) is 0 Å². The molecular weight excluding hydrogens is 385 g/mol. The zero-order chi connectivity index (χ0) is 16.7. The van der Waals surface area contributed by atoms with Gasteiger partial charge in [0.15, 0.2) is 0 Å². The molecule has 1 N–H and O–H groups in total. The van der Waals surface area contributed by atoms with Crippen molar-refractivity contribution in [2.45, 2.75) is 104 Å². The van der Waals surface area contributed by atoms with Crippen molar-refractivity contribution in [3.8, 4) is 0 Å². The molecule has 0 aromatic heterocycles. The number of hydrogen-bond acceptors (Lipinski definition) is 1. The molecule has 2 rings (SSSR count). The van der Waals surface area contributed by atoms with Gasteiger partial charge in [-0.05, 0) is 0 Å². The first kappa shape index (κ1) is 19.6. The van der Waals surface area contributed by atoms with Crippen molar-refractivity contribution in [3.63, 3.8) is 0 Å². The zero-order valence-electron chi connectivity index (χ0n) is 15.9. The van der Waals surface area contributed by atoms with Gasteiger partial charge in [-0.25, -0.2) is 0 Å². The molecule has 0 amide bonds. The summed E-state index contributed by atoms with van der Waals surface area (Å²) in [5, 5.41) is 0. The van der Waals surface area contributed by atoms with Crippen molar-refractivity contribution in [2.24, 2.45) is 5.92 Å². The Morgan fingerprint density at radius 3 is 1.65 bits per heavy atom. The Morgan fingerprint density at radius 2 is 1.22 bits per heavy atom. The monoisotopic (exact) mass is 423 g/mol. The summed E-state index contributed by atoms with van der Waals surface area (Å²) in [4.78, 5) is 0. The summed E-state index contributed by atoms with van der Waals surface area (Å²) in [6.07, 6.45) is 16.0. The van der Waals surface area contributed by atoms with Crippen LogP contribution in [0.3, 0.4) is 0 Å². The van der Waals surface area contributed by atoms with E-state index in [1.807, 2.05) is 3.59 Å². The zero-order valence-corrected chi connectivity index (χ0v) is 18.8. The number of rotatable bonds is 3. The fraction of sp³-hybridized carbons (Fsp3) is 0.810. The Hall–Kier alpha value is 0.239. The molecule has 1 atom stereocenters. The first-order valence-corrected chi connectivity index (χ1v) is 12.9. The molecule has 0 aromatic carbocycles. The van der Waals surface area contributed by atoms with Crippen LogP contribution in [-0.4, -0.2) is 27.5 Å². The van der Waals surface area contributed by atoms with Gasteiger partial charge in [0.2, 0.25) is 0 Å². The van der Waals surface area contributed by atoms with Gasteiger partial charge < -0.3 is 0 Å². The Bertz CT molecular complexity index is 423. The molecule has 0 saturated heterocycles. The van der Waals surface area contributed by atoms with Crippen molar-refractivity contribution < 1.29 is 0 Å². The summed E-state index contributed by atoms with van der Waals surface area (Å²) in [6, 6.07) is 0.815. The van der Waals surface area contributed by atoms with Crippen molar-refractivity contribution in [2.75, 3.05) is 0 Å². The average molecular weight is 422 g/mol. The number of hydrogen-bond donors (Lipinski definition) is 1. The van der Waals surface area contributed by atoms with Gasteiger partial charge in [-0.3, -0.25) is 0 Å². The Labute approximate surface area is 155 Å². The molecule has 2 heteroatoms. The van der Waals surface area contributed by atoms with E-state index in [4.69, 9.17) is 0 Å². The van der Waals surface area contributed by atoms with Crippen LogP contribution in [0.1, 0.15) is 98.3 Å². The molecule has 2 radical (unpaired) electrons. The van der Waals surface area contributed by atoms with Crippen molar-refractivity contribution >= 4 is 21.4 Å². The van der Waals surface area contributed by atoms with Gasteiger partial charge >= 0.3 is 156 Å². The van der Waals surface area contributed by atoms with Gasteiger partial charge in [-0.15, -0.1) is 0 Å². The van der Waals surface area contributed by atoms with Crippen LogP contribution in [0, 0.1) is 5.92 Å². The second kappa shape index (κ2) is 10.3. The molecule has 1 unspecified atom stereocenters. The predicted octanol–water partition coefficient (Wildman–Crippen LogP) is 6.13. The molecule has 0 spiro atoms. The summed E-state index contributed by atoms with van der Waals surface area (Å²) in [6.45, 7) is 9.45. The van der Waals surface area contributed by atoms with Crippen LogP contribution in [0.4, 0.5) is 0 Å². The second-order valence-electron chi connectivity index (χ2n) is 7.79. The maximum absolute atomic E-state index is 4.10. The van der Waals surface area contributed by atoms with Crippen LogP contribution in [0.15, 0.2) is 20.3 Å². The molecule has 130 valence electrons. The van der Waals surface area contributed by atoms with Gasteiger partial charge in [0.05, 0.1) is 0 Å². The number of allylic oxidation sites excluding steroid dienone is 4. The van der Waals surface area contributed by atoms with Gasteiger partial charge in [0, 0.05) is 0 Å². The molecular formula is C21H37NSn. The molecule has 0 aliphatic heterocycles. The third-order valence-corrected chi connectivity index (χ3v) is 10.8. The van der Waals surface area contributed by atoms with Crippen molar-refractivity contribution in [1.82, 2.24) is 3.54 Å². The SMILES string of the molecule is CC1=C(C)C(C)[C]([Sn][NH]C2CCCCCCCCCCC2)=C1C. The maximum atomic E-state index is 4.10. The van der Waals surface area contributed by atoms with Crippen LogP contribution in [-0.2, 0) is 0 Å². The van der Waals surface area contributed by atoms with E-state index >= 15 is 0 Å². The Morgan fingerprint density at radius 1 is 0.739 bits per heavy atom. The van der Waals surface area contributed by atoms with E-state index in [0.29, 0.717) is 0 Å². The van der Waals surface area contributed by atoms with Gasteiger partial charge in [-0.2, -0.15) is 0 Å². The van der Waals surface area contributed by atoms with Crippen LogP contribution in [0.5, 0.6) is 0 Å². The first-order valence-electron chi connectivity index (χ1n) is 10.0. The van der Waals surface area contributed by atoms with E-state index in [-0.39, 0.29) is 0 Å². The van der Waals surface area contributed by atoms with E-state index in [1.165, 1.54) is 70.6 Å². The molecule has 23 heavy (non-hydrogen) atoms. The third-order valence-electron chi connectivity index (χ3n) is 6.16. The molecule has 0 aromatic rings. The van der Waals surface area contributed by atoms with E-state index in [0.717, 1.165) is 12.0 Å². The topological polar surface area (TPSA) is 12.0 Å². The van der Waals surface area contributed by atoms with E-state index < -0.39 is 21.4 Å². The fourth-order valence-corrected chi connectivity index (χ4v) is 8.21. The van der Waals surface area contributed by atoms with Crippen LogP contribution < -0.4 is 3.54 Å². The minimum atomic E-state index is -0.602. The predicted molar refractivity (Wildman–Crippen MR) is 104 cm³/mol. The minimum absolute atomic E-state index is 0.602. The molecule has 0 heterocycles. The van der Waals surface area contributed by atoms with Crippen molar-refractivity contribution in [1.29, 1.82) is 0 Å². The molecule has 1 nitrogen and oxygen atoms in total. The van der Waals surface area contributed by atoms with E-state index in [9.17, 15) is 0 Å². The molecule has 0 bridgehead atoms. The fourth-order valence-electron chi connectivity index (χ4n) is 4.05. The van der Waals surface area contributed by atoms with Gasteiger partial charge in [0.1, 0.15) is 0 Å².